The number of sulfonamides is 1. The van der Waals surface area contributed by atoms with Gasteiger partial charge in [0, 0.05) is 25.2 Å². The molecular weight excluding hydrogens is 490 g/mol. The molecule has 0 spiro atoms. The molecular formula is C25H24ClN3O5S. The zero-order valence-corrected chi connectivity index (χ0v) is 20.7. The summed E-state index contributed by atoms with van der Waals surface area (Å²) in [6.45, 7) is 1.75. The Hall–Kier alpha value is -3.56. The SMILES string of the molecule is COc1cc(NC(C)=O)c(Cl)cc1C(=O)Nc1ccc(S(=O)(=O)N2CCCc3ccccc32)cc1. The van der Waals surface area contributed by atoms with Crippen LogP contribution in [0.5, 0.6) is 5.75 Å². The lowest BCUT2D eigenvalue weighted by Crippen LogP contribution is -2.35. The van der Waals surface area contributed by atoms with E-state index in [4.69, 9.17) is 16.3 Å². The third-order valence-corrected chi connectivity index (χ3v) is 7.75. The van der Waals surface area contributed by atoms with Crippen LogP contribution in [0.25, 0.3) is 0 Å². The number of amides is 2. The van der Waals surface area contributed by atoms with Crippen molar-refractivity contribution in [3.05, 3.63) is 76.8 Å². The van der Waals surface area contributed by atoms with Crippen molar-refractivity contribution in [2.24, 2.45) is 0 Å². The Morgan fingerprint density at radius 2 is 1.74 bits per heavy atom. The quantitative estimate of drug-likeness (QED) is 0.497. The second-order valence-corrected chi connectivity index (χ2v) is 10.3. The number of anilines is 3. The lowest BCUT2D eigenvalue weighted by molar-refractivity contribution is -0.114. The minimum Gasteiger partial charge on any atom is -0.496 e. The number of hydrogen-bond donors (Lipinski definition) is 2. The number of ether oxygens (including phenoxy) is 1. The fraction of sp³-hybridized carbons (Fsp3) is 0.200. The molecule has 8 nitrogen and oxygen atoms in total. The molecule has 0 aromatic heterocycles. The zero-order valence-electron chi connectivity index (χ0n) is 19.2. The Balaban J connectivity index is 1.55. The van der Waals surface area contributed by atoms with Crippen molar-refractivity contribution < 1.29 is 22.7 Å². The fourth-order valence-electron chi connectivity index (χ4n) is 3.97. The number of carbonyl (C=O) groups excluding carboxylic acids is 2. The number of halogens is 1. The zero-order chi connectivity index (χ0) is 25.2. The van der Waals surface area contributed by atoms with Crippen molar-refractivity contribution in [1.29, 1.82) is 0 Å². The number of rotatable bonds is 6. The van der Waals surface area contributed by atoms with Gasteiger partial charge in [0.2, 0.25) is 5.91 Å². The van der Waals surface area contributed by atoms with Crippen LogP contribution in [0.2, 0.25) is 5.02 Å². The molecule has 2 N–H and O–H groups in total. The molecule has 1 aliphatic heterocycles. The number of para-hydroxylation sites is 1. The van der Waals surface area contributed by atoms with Gasteiger partial charge in [0.25, 0.3) is 15.9 Å². The third kappa shape index (κ3) is 5.11. The van der Waals surface area contributed by atoms with Crippen LogP contribution < -0.4 is 19.7 Å². The molecule has 0 bridgehead atoms. The Morgan fingerprint density at radius 3 is 2.43 bits per heavy atom. The van der Waals surface area contributed by atoms with E-state index in [1.807, 2.05) is 24.3 Å². The first-order valence-corrected chi connectivity index (χ1v) is 12.7. The summed E-state index contributed by atoms with van der Waals surface area (Å²) in [5, 5.41) is 5.47. The molecule has 0 saturated carbocycles. The topological polar surface area (TPSA) is 105 Å². The van der Waals surface area contributed by atoms with Crippen LogP contribution in [0.1, 0.15) is 29.3 Å². The molecule has 0 aliphatic carbocycles. The van der Waals surface area contributed by atoms with E-state index >= 15 is 0 Å². The molecule has 0 fully saturated rings. The van der Waals surface area contributed by atoms with Crippen LogP contribution in [-0.2, 0) is 21.2 Å². The number of benzene rings is 3. The van der Waals surface area contributed by atoms with E-state index in [2.05, 4.69) is 10.6 Å². The highest BCUT2D eigenvalue weighted by Crippen LogP contribution is 2.33. The number of carbonyl (C=O) groups is 2. The van der Waals surface area contributed by atoms with Gasteiger partial charge in [-0.05, 0) is 54.8 Å². The van der Waals surface area contributed by atoms with Crippen molar-refractivity contribution in [1.82, 2.24) is 0 Å². The molecule has 0 radical (unpaired) electrons. The molecule has 3 aromatic rings. The first-order valence-electron chi connectivity index (χ1n) is 10.9. The van der Waals surface area contributed by atoms with Crippen molar-refractivity contribution in [3.63, 3.8) is 0 Å². The van der Waals surface area contributed by atoms with Gasteiger partial charge in [-0.25, -0.2) is 8.42 Å². The van der Waals surface area contributed by atoms with Gasteiger partial charge >= 0.3 is 0 Å². The van der Waals surface area contributed by atoms with Crippen molar-refractivity contribution in [3.8, 4) is 5.75 Å². The van der Waals surface area contributed by atoms with Crippen molar-refractivity contribution in [2.45, 2.75) is 24.7 Å². The summed E-state index contributed by atoms with van der Waals surface area (Å²) in [5.74, 6) is -0.591. The van der Waals surface area contributed by atoms with Crippen LogP contribution >= 0.6 is 11.6 Å². The predicted molar refractivity (Wildman–Crippen MR) is 136 cm³/mol. The Labute approximate surface area is 208 Å². The average Bonchev–Trinajstić information content (AvgIpc) is 2.84. The molecule has 1 aliphatic rings. The molecule has 0 atom stereocenters. The molecule has 182 valence electrons. The van der Waals surface area contributed by atoms with Crippen LogP contribution in [0, 0.1) is 0 Å². The number of aryl methyl sites for hydroxylation is 1. The molecule has 35 heavy (non-hydrogen) atoms. The molecule has 3 aromatic carbocycles. The number of nitrogens with one attached hydrogen (secondary N) is 2. The van der Waals surface area contributed by atoms with E-state index in [-0.39, 0.29) is 27.1 Å². The van der Waals surface area contributed by atoms with E-state index in [9.17, 15) is 18.0 Å². The average molecular weight is 514 g/mol. The smallest absolute Gasteiger partial charge is 0.264 e. The summed E-state index contributed by atoms with van der Waals surface area (Å²) in [5.41, 5.74) is 2.58. The van der Waals surface area contributed by atoms with Crippen molar-refractivity contribution >= 4 is 50.5 Å². The van der Waals surface area contributed by atoms with Gasteiger partial charge in [-0.3, -0.25) is 13.9 Å². The van der Waals surface area contributed by atoms with Crippen LogP contribution in [0.4, 0.5) is 17.1 Å². The maximum absolute atomic E-state index is 13.3. The van der Waals surface area contributed by atoms with Gasteiger partial charge in [0.15, 0.2) is 0 Å². The largest absolute Gasteiger partial charge is 0.496 e. The molecule has 4 rings (SSSR count). The summed E-state index contributed by atoms with van der Waals surface area (Å²) in [6.07, 6.45) is 1.59. The van der Waals surface area contributed by atoms with Gasteiger partial charge < -0.3 is 15.4 Å². The first kappa shape index (κ1) is 24.6. The predicted octanol–water partition coefficient (Wildman–Crippen LogP) is 4.70. The van der Waals surface area contributed by atoms with E-state index in [1.54, 1.807) is 0 Å². The Bertz CT molecular complexity index is 1390. The van der Waals surface area contributed by atoms with E-state index in [0.29, 0.717) is 23.6 Å². The molecule has 10 heteroatoms. The maximum atomic E-state index is 13.3. The normalized spacial score (nSPS) is 13.1. The highest BCUT2D eigenvalue weighted by molar-refractivity contribution is 7.92. The van der Waals surface area contributed by atoms with Crippen LogP contribution in [0.3, 0.4) is 0 Å². The lowest BCUT2D eigenvalue weighted by atomic mass is 10.0. The van der Waals surface area contributed by atoms with Gasteiger partial charge in [0.1, 0.15) is 5.75 Å². The van der Waals surface area contributed by atoms with Crippen LogP contribution in [-0.4, -0.2) is 33.9 Å². The van der Waals surface area contributed by atoms with Gasteiger partial charge in [-0.15, -0.1) is 0 Å². The minimum absolute atomic E-state index is 0.132. The molecule has 1 heterocycles. The number of hydrogen-bond acceptors (Lipinski definition) is 5. The second-order valence-electron chi connectivity index (χ2n) is 8.00. The molecule has 0 saturated heterocycles. The standard InChI is InChI=1S/C25H24ClN3O5S/c1-16(30)27-22-15-24(34-2)20(14-21(22)26)25(31)28-18-9-11-19(12-10-18)35(32,33)29-13-5-7-17-6-3-4-8-23(17)29/h3-4,6,8-12,14-15H,5,7,13H2,1-2H3,(H,27,30)(H,28,31). The summed E-state index contributed by atoms with van der Waals surface area (Å²) in [4.78, 5) is 24.4. The molecule has 0 unspecified atom stereocenters. The number of fused-ring (bicyclic) bond motifs is 1. The van der Waals surface area contributed by atoms with Crippen LogP contribution in [0.15, 0.2) is 65.6 Å². The first-order chi connectivity index (χ1) is 16.7. The van der Waals surface area contributed by atoms with E-state index < -0.39 is 15.9 Å². The third-order valence-electron chi connectivity index (χ3n) is 5.61. The lowest BCUT2D eigenvalue weighted by Gasteiger charge is -2.30. The van der Waals surface area contributed by atoms with E-state index in [0.717, 1.165) is 18.4 Å². The van der Waals surface area contributed by atoms with Gasteiger partial charge in [0.05, 0.1) is 34.0 Å². The Kier molecular flexibility index (Phi) is 7.00. The monoisotopic (exact) mass is 513 g/mol. The highest BCUT2D eigenvalue weighted by atomic mass is 35.5. The minimum atomic E-state index is -3.76. The molecule has 2 amide bonds. The summed E-state index contributed by atoms with van der Waals surface area (Å²) in [6, 6.07) is 16.3. The van der Waals surface area contributed by atoms with Gasteiger partial charge in [-0.1, -0.05) is 29.8 Å². The summed E-state index contributed by atoms with van der Waals surface area (Å²) in [7, 11) is -2.36. The highest BCUT2D eigenvalue weighted by Gasteiger charge is 2.29. The fourth-order valence-corrected chi connectivity index (χ4v) is 5.72. The Morgan fingerprint density at radius 1 is 1.03 bits per heavy atom. The van der Waals surface area contributed by atoms with E-state index in [1.165, 1.54) is 54.7 Å². The van der Waals surface area contributed by atoms with Gasteiger partial charge in [-0.2, -0.15) is 0 Å². The number of methoxy groups -OCH3 is 1. The summed E-state index contributed by atoms with van der Waals surface area (Å²) >= 11 is 6.21. The second kappa shape index (κ2) is 9.97. The maximum Gasteiger partial charge on any atom is 0.264 e. The van der Waals surface area contributed by atoms with Crippen molar-refractivity contribution in [2.75, 3.05) is 28.6 Å². The summed E-state index contributed by atoms with van der Waals surface area (Å²) < 4.78 is 33.3. The number of nitrogens with zero attached hydrogens (tertiary/aromatic N) is 1.